The van der Waals surface area contributed by atoms with E-state index < -0.39 is 10.1 Å². The fourth-order valence-corrected chi connectivity index (χ4v) is 1.65. The van der Waals surface area contributed by atoms with E-state index in [2.05, 4.69) is 5.32 Å². The standard InChI is InChI=1S/C9H13NO3S.Na/c1-3-10-9-6-8(14(11,12)13)5-4-7(9)2;/h4-6,10H,3H2,1-2H3,(H,11,12,13);/q;+1. The molecular formula is C9H13NNaO3S+. The van der Waals surface area contributed by atoms with E-state index >= 15 is 0 Å². The summed E-state index contributed by atoms with van der Waals surface area (Å²) in [5.41, 5.74) is 1.67. The zero-order valence-corrected chi connectivity index (χ0v) is 11.9. The smallest absolute Gasteiger partial charge is 0.385 e. The van der Waals surface area contributed by atoms with E-state index in [1.54, 1.807) is 6.07 Å². The summed E-state index contributed by atoms with van der Waals surface area (Å²) in [6, 6.07) is 4.46. The molecule has 0 radical (unpaired) electrons. The van der Waals surface area contributed by atoms with Crippen LogP contribution in [0.2, 0.25) is 0 Å². The van der Waals surface area contributed by atoms with Crippen LogP contribution in [0.4, 0.5) is 5.69 Å². The molecule has 0 amide bonds. The molecule has 78 valence electrons. The number of hydrogen-bond donors (Lipinski definition) is 2. The maximum atomic E-state index is 10.8. The van der Waals surface area contributed by atoms with Gasteiger partial charge in [-0.3, -0.25) is 4.55 Å². The first-order valence-corrected chi connectivity index (χ1v) is 5.71. The van der Waals surface area contributed by atoms with Gasteiger partial charge in [0.15, 0.2) is 0 Å². The molecule has 0 spiro atoms. The molecule has 6 heteroatoms. The molecule has 0 fully saturated rings. The second-order valence-electron chi connectivity index (χ2n) is 2.98. The Morgan fingerprint density at radius 1 is 1.40 bits per heavy atom. The zero-order chi connectivity index (χ0) is 10.8. The minimum Gasteiger partial charge on any atom is -0.385 e. The van der Waals surface area contributed by atoms with Crippen LogP contribution in [-0.2, 0) is 10.1 Å². The Hall–Kier alpha value is -0.0700. The fourth-order valence-electron chi connectivity index (χ4n) is 1.14. The van der Waals surface area contributed by atoms with E-state index in [-0.39, 0.29) is 34.5 Å². The third-order valence-corrected chi connectivity index (χ3v) is 2.72. The van der Waals surface area contributed by atoms with Gasteiger partial charge in [-0.15, -0.1) is 0 Å². The number of benzene rings is 1. The minimum atomic E-state index is -4.10. The first kappa shape index (κ1) is 14.9. The summed E-state index contributed by atoms with van der Waals surface area (Å²) in [6.45, 7) is 4.49. The largest absolute Gasteiger partial charge is 1.00 e. The van der Waals surface area contributed by atoms with E-state index in [1.807, 2.05) is 13.8 Å². The van der Waals surface area contributed by atoms with Crippen molar-refractivity contribution in [3.05, 3.63) is 23.8 Å². The Morgan fingerprint density at radius 2 is 2.00 bits per heavy atom. The van der Waals surface area contributed by atoms with Crippen molar-refractivity contribution in [2.75, 3.05) is 11.9 Å². The quantitative estimate of drug-likeness (QED) is 0.506. The zero-order valence-electron chi connectivity index (χ0n) is 9.11. The predicted molar refractivity (Wildman–Crippen MR) is 55.2 cm³/mol. The van der Waals surface area contributed by atoms with Crippen LogP contribution < -0.4 is 34.9 Å². The molecule has 1 rings (SSSR count). The maximum Gasteiger partial charge on any atom is 1.00 e. The second kappa shape index (κ2) is 5.86. The third-order valence-electron chi connectivity index (χ3n) is 1.87. The number of aryl methyl sites for hydroxylation is 1. The number of nitrogens with one attached hydrogen (secondary N) is 1. The Bertz CT molecular complexity index is 431. The van der Waals surface area contributed by atoms with Crippen molar-refractivity contribution in [1.29, 1.82) is 0 Å². The van der Waals surface area contributed by atoms with E-state index in [0.29, 0.717) is 6.54 Å². The molecular weight excluding hydrogens is 225 g/mol. The van der Waals surface area contributed by atoms with Crippen LogP contribution in [-0.4, -0.2) is 19.5 Å². The van der Waals surface area contributed by atoms with Crippen LogP contribution in [0.5, 0.6) is 0 Å². The summed E-state index contributed by atoms with van der Waals surface area (Å²) >= 11 is 0. The molecule has 0 saturated carbocycles. The molecule has 0 saturated heterocycles. The Morgan fingerprint density at radius 3 is 2.47 bits per heavy atom. The van der Waals surface area contributed by atoms with Crippen LogP contribution >= 0.6 is 0 Å². The first-order chi connectivity index (χ1) is 6.45. The molecule has 2 N–H and O–H groups in total. The second-order valence-corrected chi connectivity index (χ2v) is 4.40. The molecule has 0 bridgehead atoms. The van der Waals surface area contributed by atoms with Gasteiger partial charge >= 0.3 is 29.6 Å². The average Bonchev–Trinajstić information content (AvgIpc) is 2.07. The summed E-state index contributed by atoms with van der Waals surface area (Å²) in [4.78, 5) is -0.0842. The van der Waals surface area contributed by atoms with Crippen LogP contribution in [0.1, 0.15) is 12.5 Å². The number of hydrogen-bond acceptors (Lipinski definition) is 3. The SMILES string of the molecule is CCNc1cc(S(=O)(=O)O)ccc1C.[Na+]. The predicted octanol–water partition coefficient (Wildman–Crippen LogP) is -1.32. The summed E-state index contributed by atoms with van der Waals surface area (Å²) < 4.78 is 30.5. The fraction of sp³-hybridized carbons (Fsp3) is 0.333. The van der Waals surface area contributed by atoms with Crippen molar-refractivity contribution in [1.82, 2.24) is 0 Å². The van der Waals surface area contributed by atoms with Crippen molar-refractivity contribution in [3.8, 4) is 0 Å². The van der Waals surface area contributed by atoms with Gasteiger partial charge in [0.25, 0.3) is 10.1 Å². The summed E-state index contributed by atoms with van der Waals surface area (Å²) in [7, 11) is -4.10. The molecule has 1 aromatic carbocycles. The molecule has 4 nitrogen and oxygen atoms in total. The van der Waals surface area contributed by atoms with Gasteiger partial charge in [-0.2, -0.15) is 8.42 Å². The molecule has 0 aliphatic rings. The summed E-state index contributed by atoms with van der Waals surface area (Å²) in [5, 5.41) is 3.01. The molecule has 15 heavy (non-hydrogen) atoms. The van der Waals surface area contributed by atoms with Gasteiger partial charge in [0, 0.05) is 12.2 Å². The van der Waals surface area contributed by atoms with Crippen molar-refractivity contribution in [2.45, 2.75) is 18.7 Å². The molecule has 0 aliphatic carbocycles. The van der Waals surface area contributed by atoms with Gasteiger partial charge in [0.2, 0.25) is 0 Å². The van der Waals surface area contributed by atoms with Crippen molar-refractivity contribution in [2.24, 2.45) is 0 Å². The number of rotatable bonds is 3. The molecule has 0 atom stereocenters. The Kier molecular flexibility index (Phi) is 5.84. The van der Waals surface area contributed by atoms with Gasteiger partial charge in [0.05, 0.1) is 4.90 Å². The molecule has 0 aliphatic heterocycles. The monoisotopic (exact) mass is 238 g/mol. The topological polar surface area (TPSA) is 66.4 Å². The Balaban J connectivity index is 0.00000196. The van der Waals surface area contributed by atoms with Gasteiger partial charge in [-0.05, 0) is 31.5 Å². The van der Waals surface area contributed by atoms with Crippen LogP contribution in [0.3, 0.4) is 0 Å². The normalized spacial score (nSPS) is 10.6. The van der Waals surface area contributed by atoms with Crippen LogP contribution in [0.25, 0.3) is 0 Å². The van der Waals surface area contributed by atoms with Crippen LogP contribution in [0.15, 0.2) is 23.1 Å². The maximum absolute atomic E-state index is 10.8. The van der Waals surface area contributed by atoms with E-state index in [4.69, 9.17) is 4.55 Å². The van der Waals surface area contributed by atoms with Crippen molar-refractivity contribution >= 4 is 15.8 Å². The molecule has 1 aromatic rings. The Labute approximate surface area is 112 Å². The van der Waals surface area contributed by atoms with Gasteiger partial charge in [-0.1, -0.05) is 6.07 Å². The van der Waals surface area contributed by atoms with E-state index in [0.717, 1.165) is 11.3 Å². The molecule has 0 aromatic heterocycles. The third kappa shape index (κ3) is 4.12. The average molecular weight is 238 g/mol. The summed E-state index contributed by atoms with van der Waals surface area (Å²) in [6.07, 6.45) is 0. The van der Waals surface area contributed by atoms with Crippen molar-refractivity contribution < 1.29 is 42.5 Å². The molecule has 0 heterocycles. The van der Waals surface area contributed by atoms with Crippen molar-refractivity contribution in [3.63, 3.8) is 0 Å². The summed E-state index contributed by atoms with van der Waals surface area (Å²) in [5.74, 6) is 0. The first-order valence-electron chi connectivity index (χ1n) is 4.27. The van der Waals surface area contributed by atoms with E-state index in [1.165, 1.54) is 12.1 Å². The van der Waals surface area contributed by atoms with Crippen LogP contribution in [0, 0.1) is 6.92 Å². The minimum absolute atomic E-state index is 0. The van der Waals surface area contributed by atoms with E-state index in [9.17, 15) is 8.42 Å². The number of anilines is 1. The van der Waals surface area contributed by atoms with Gasteiger partial charge in [0.1, 0.15) is 0 Å². The van der Waals surface area contributed by atoms with Gasteiger partial charge < -0.3 is 5.32 Å². The molecule has 0 unspecified atom stereocenters. The van der Waals surface area contributed by atoms with Gasteiger partial charge in [-0.25, -0.2) is 0 Å².